The average Bonchev–Trinajstić information content (AvgIpc) is 2.51. The molecular formula is C12H13NS. The topological polar surface area (TPSA) is 12.0 Å². The molecule has 2 heteroatoms. The number of thiophene rings is 1. The number of hydrogen-bond donors (Lipinski definition) is 1. The Morgan fingerprint density at radius 2 is 1.93 bits per heavy atom. The third kappa shape index (κ3) is 2.15. The second-order valence-corrected chi connectivity index (χ2v) is 4.69. The SMILES string of the molecule is Cc1cccc(Nc2ccc(C)s2)c1. The van der Waals surface area contributed by atoms with Gasteiger partial charge in [-0.2, -0.15) is 0 Å². The summed E-state index contributed by atoms with van der Waals surface area (Å²) in [5.74, 6) is 0. The van der Waals surface area contributed by atoms with E-state index in [1.54, 1.807) is 11.3 Å². The summed E-state index contributed by atoms with van der Waals surface area (Å²) in [7, 11) is 0. The van der Waals surface area contributed by atoms with Gasteiger partial charge in [-0.15, -0.1) is 11.3 Å². The first-order valence-electron chi connectivity index (χ1n) is 4.64. The molecule has 14 heavy (non-hydrogen) atoms. The lowest BCUT2D eigenvalue weighted by atomic mass is 10.2. The number of benzene rings is 1. The minimum atomic E-state index is 1.16. The molecule has 0 atom stereocenters. The highest BCUT2D eigenvalue weighted by Crippen LogP contribution is 2.25. The van der Waals surface area contributed by atoms with Crippen LogP contribution < -0.4 is 5.32 Å². The summed E-state index contributed by atoms with van der Waals surface area (Å²) in [6.07, 6.45) is 0. The summed E-state index contributed by atoms with van der Waals surface area (Å²) < 4.78 is 0. The van der Waals surface area contributed by atoms with Crippen LogP contribution in [0.15, 0.2) is 36.4 Å². The summed E-state index contributed by atoms with van der Waals surface area (Å²) in [6, 6.07) is 12.6. The molecule has 1 N–H and O–H groups in total. The van der Waals surface area contributed by atoms with Crippen molar-refractivity contribution in [3.63, 3.8) is 0 Å². The van der Waals surface area contributed by atoms with Crippen LogP contribution in [0.4, 0.5) is 10.7 Å². The molecule has 0 saturated carbocycles. The Labute approximate surface area is 88.4 Å². The van der Waals surface area contributed by atoms with E-state index >= 15 is 0 Å². The van der Waals surface area contributed by atoms with Gasteiger partial charge < -0.3 is 5.32 Å². The lowest BCUT2D eigenvalue weighted by Crippen LogP contribution is -1.86. The van der Waals surface area contributed by atoms with Crippen molar-refractivity contribution >= 4 is 22.0 Å². The van der Waals surface area contributed by atoms with Crippen molar-refractivity contribution < 1.29 is 0 Å². The minimum absolute atomic E-state index is 1.16. The van der Waals surface area contributed by atoms with Crippen molar-refractivity contribution in [3.8, 4) is 0 Å². The zero-order valence-corrected chi connectivity index (χ0v) is 9.19. The number of nitrogens with one attached hydrogen (secondary N) is 1. The third-order valence-electron chi connectivity index (χ3n) is 2.03. The molecule has 0 spiro atoms. The second kappa shape index (κ2) is 3.84. The van der Waals surface area contributed by atoms with Gasteiger partial charge in [-0.05, 0) is 43.7 Å². The summed E-state index contributed by atoms with van der Waals surface area (Å²) in [4.78, 5) is 1.33. The monoisotopic (exact) mass is 203 g/mol. The smallest absolute Gasteiger partial charge is 0.0929 e. The standard InChI is InChI=1S/C12H13NS/c1-9-4-3-5-11(8-9)13-12-7-6-10(2)14-12/h3-8,13H,1-2H3. The average molecular weight is 203 g/mol. The van der Waals surface area contributed by atoms with Crippen LogP contribution in [0.25, 0.3) is 0 Å². The third-order valence-corrected chi connectivity index (χ3v) is 2.94. The van der Waals surface area contributed by atoms with Gasteiger partial charge in [0.1, 0.15) is 0 Å². The van der Waals surface area contributed by atoms with Crippen molar-refractivity contribution in [3.05, 3.63) is 46.8 Å². The Balaban J connectivity index is 2.18. The molecule has 0 bridgehead atoms. The molecule has 72 valence electrons. The van der Waals surface area contributed by atoms with Crippen LogP contribution in [-0.2, 0) is 0 Å². The van der Waals surface area contributed by atoms with E-state index in [0.29, 0.717) is 0 Å². The molecule has 0 saturated heterocycles. The fraction of sp³-hybridized carbons (Fsp3) is 0.167. The molecule has 0 fully saturated rings. The Bertz CT molecular complexity index is 431. The van der Waals surface area contributed by atoms with Gasteiger partial charge in [0.25, 0.3) is 0 Å². The molecule has 0 aliphatic carbocycles. The lowest BCUT2D eigenvalue weighted by molar-refractivity contribution is 1.46. The van der Waals surface area contributed by atoms with Crippen LogP contribution in [0.2, 0.25) is 0 Å². The van der Waals surface area contributed by atoms with Crippen LogP contribution in [0.5, 0.6) is 0 Å². The maximum absolute atomic E-state index is 3.38. The van der Waals surface area contributed by atoms with Crippen molar-refractivity contribution in [2.45, 2.75) is 13.8 Å². The summed E-state index contributed by atoms with van der Waals surface area (Å²) in [5.41, 5.74) is 2.44. The molecule has 1 aromatic heterocycles. The van der Waals surface area contributed by atoms with E-state index in [0.717, 1.165) is 5.69 Å². The summed E-state index contributed by atoms with van der Waals surface area (Å²) in [6.45, 7) is 4.22. The molecule has 1 heterocycles. The van der Waals surface area contributed by atoms with Gasteiger partial charge in [-0.1, -0.05) is 12.1 Å². The zero-order valence-electron chi connectivity index (χ0n) is 8.37. The molecule has 2 rings (SSSR count). The molecule has 2 aromatic rings. The molecule has 0 unspecified atom stereocenters. The van der Waals surface area contributed by atoms with Gasteiger partial charge in [-0.25, -0.2) is 0 Å². The molecule has 0 radical (unpaired) electrons. The largest absolute Gasteiger partial charge is 0.347 e. The first-order valence-corrected chi connectivity index (χ1v) is 5.46. The number of aryl methyl sites for hydroxylation is 2. The Kier molecular flexibility index (Phi) is 2.55. The van der Waals surface area contributed by atoms with E-state index < -0.39 is 0 Å². The number of anilines is 2. The van der Waals surface area contributed by atoms with E-state index in [4.69, 9.17) is 0 Å². The van der Waals surface area contributed by atoms with Gasteiger partial charge in [0.2, 0.25) is 0 Å². The highest BCUT2D eigenvalue weighted by Gasteiger charge is 1.96. The van der Waals surface area contributed by atoms with E-state index in [2.05, 4.69) is 55.6 Å². The van der Waals surface area contributed by atoms with Gasteiger partial charge >= 0.3 is 0 Å². The maximum Gasteiger partial charge on any atom is 0.0929 e. The number of rotatable bonds is 2. The predicted octanol–water partition coefficient (Wildman–Crippen LogP) is 4.11. The molecular weight excluding hydrogens is 190 g/mol. The fourth-order valence-electron chi connectivity index (χ4n) is 1.37. The van der Waals surface area contributed by atoms with Crippen molar-refractivity contribution in [2.75, 3.05) is 5.32 Å². The van der Waals surface area contributed by atoms with Crippen LogP contribution in [0, 0.1) is 13.8 Å². The molecule has 1 aromatic carbocycles. The van der Waals surface area contributed by atoms with Crippen LogP contribution in [-0.4, -0.2) is 0 Å². The number of hydrogen-bond acceptors (Lipinski definition) is 2. The second-order valence-electron chi connectivity index (χ2n) is 3.40. The van der Waals surface area contributed by atoms with Crippen LogP contribution >= 0.6 is 11.3 Å². The molecule has 1 nitrogen and oxygen atoms in total. The normalized spacial score (nSPS) is 10.1. The van der Waals surface area contributed by atoms with Gasteiger partial charge in [0.05, 0.1) is 5.00 Å². The highest BCUT2D eigenvalue weighted by molar-refractivity contribution is 7.16. The van der Waals surface area contributed by atoms with Crippen molar-refractivity contribution in [1.82, 2.24) is 0 Å². The van der Waals surface area contributed by atoms with Crippen molar-refractivity contribution in [1.29, 1.82) is 0 Å². The van der Waals surface area contributed by atoms with E-state index in [1.807, 2.05) is 0 Å². The summed E-state index contributed by atoms with van der Waals surface area (Å²) >= 11 is 1.78. The molecule has 0 amide bonds. The van der Waals surface area contributed by atoms with E-state index in [1.165, 1.54) is 15.4 Å². The fourth-order valence-corrected chi connectivity index (χ4v) is 2.15. The van der Waals surface area contributed by atoms with E-state index in [9.17, 15) is 0 Å². The minimum Gasteiger partial charge on any atom is -0.347 e. The molecule has 0 aliphatic rings. The Hall–Kier alpha value is -1.28. The van der Waals surface area contributed by atoms with E-state index in [-0.39, 0.29) is 0 Å². The first-order chi connectivity index (χ1) is 6.74. The van der Waals surface area contributed by atoms with Crippen LogP contribution in [0.3, 0.4) is 0 Å². The van der Waals surface area contributed by atoms with Gasteiger partial charge in [0, 0.05) is 10.6 Å². The lowest BCUT2D eigenvalue weighted by Gasteiger charge is -2.03. The highest BCUT2D eigenvalue weighted by atomic mass is 32.1. The quantitative estimate of drug-likeness (QED) is 0.774. The van der Waals surface area contributed by atoms with Gasteiger partial charge in [0.15, 0.2) is 0 Å². The summed E-state index contributed by atoms with van der Waals surface area (Å²) in [5, 5.41) is 4.59. The Morgan fingerprint density at radius 3 is 2.57 bits per heavy atom. The molecule has 0 aliphatic heterocycles. The Morgan fingerprint density at radius 1 is 1.07 bits per heavy atom. The van der Waals surface area contributed by atoms with Crippen molar-refractivity contribution in [2.24, 2.45) is 0 Å². The van der Waals surface area contributed by atoms with Crippen LogP contribution in [0.1, 0.15) is 10.4 Å². The predicted molar refractivity (Wildman–Crippen MR) is 63.5 cm³/mol. The van der Waals surface area contributed by atoms with Gasteiger partial charge in [-0.3, -0.25) is 0 Å². The zero-order chi connectivity index (χ0) is 9.97. The first kappa shape index (κ1) is 9.28. The maximum atomic E-state index is 3.38.